The summed E-state index contributed by atoms with van der Waals surface area (Å²) in [5, 5.41) is 9.56. The van der Waals surface area contributed by atoms with Crippen LogP contribution in [0.1, 0.15) is 24.3 Å². The Balaban J connectivity index is 0.00000156. The molecule has 126 valence electrons. The molecular weight excluding hydrogens is 362 g/mol. The lowest BCUT2D eigenvalue weighted by Gasteiger charge is -2.38. The number of carbonyl (C=O) groups is 1. The van der Waals surface area contributed by atoms with Crippen molar-refractivity contribution in [2.45, 2.75) is 49.2 Å². The number of nitrogens with zero attached hydrogens (tertiary/aromatic N) is 1. The topological polar surface area (TPSA) is 62.3 Å². The summed E-state index contributed by atoms with van der Waals surface area (Å²) >= 11 is 0. The van der Waals surface area contributed by atoms with Crippen molar-refractivity contribution in [3.05, 3.63) is 35.9 Å². The summed E-state index contributed by atoms with van der Waals surface area (Å²) in [5.41, 5.74) is 0.803. The third-order valence-corrected chi connectivity index (χ3v) is 5.33. The van der Waals surface area contributed by atoms with Gasteiger partial charge in [-0.05, 0) is 12.6 Å². The van der Waals surface area contributed by atoms with Crippen LogP contribution in [-0.4, -0.2) is 60.0 Å². The number of hydrogen-bond acceptors (Lipinski definition) is 5. The van der Waals surface area contributed by atoms with Crippen LogP contribution >= 0.6 is 17.0 Å². The van der Waals surface area contributed by atoms with Crippen molar-refractivity contribution in [2.75, 3.05) is 13.7 Å². The van der Waals surface area contributed by atoms with Crippen molar-refractivity contribution in [3.8, 4) is 0 Å². The number of hydrogen-bond donors (Lipinski definition) is 1. The fourth-order valence-corrected chi connectivity index (χ4v) is 4.04. The van der Waals surface area contributed by atoms with E-state index >= 15 is 0 Å². The summed E-state index contributed by atoms with van der Waals surface area (Å²) in [6.45, 7) is -0.226. The molecule has 0 amide bonds. The minimum atomic E-state index is -0.593. The van der Waals surface area contributed by atoms with Crippen LogP contribution in [0, 0.1) is 0 Å². The highest BCUT2D eigenvalue weighted by Crippen LogP contribution is 2.48. The van der Waals surface area contributed by atoms with E-state index in [0.717, 1.165) is 18.4 Å². The molecule has 0 unspecified atom stereocenters. The third kappa shape index (κ3) is 2.93. The van der Waals surface area contributed by atoms with Gasteiger partial charge >= 0.3 is 5.97 Å². The Morgan fingerprint density at radius 2 is 1.91 bits per heavy atom. The molecule has 3 aliphatic heterocycles. The summed E-state index contributed by atoms with van der Waals surface area (Å²) < 4.78 is 11.4. The maximum Gasteiger partial charge on any atom is 0.316 e. The number of morpholine rings is 1. The van der Waals surface area contributed by atoms with Gasteiger partial charge in [-0.25, -0.2) is 0 Å². The van der Waals surface area contributed by atoms with Gasteiger partial charge in [0.25, 0.3) is 0 Å². The van der Waals surface area contributed by atoms with Gasteiger partial charge in [0.1, 0.15) is 24.2 Å². The second-order valence-corrected chi connectivity index (χ2v) is 6.54. The largest absolute Gasteiger partial charge is 0.462 e. The highest BCUT2D eigenvalue weighted by molar-refractivity contribution is 8.93. The standard InChI is InChI=1S/C17H21NO4.BrH/c1-18-13-7-11(8-14(18)16-15(13)22-16)21-17(20)12(9-19)10-5-3-2-4-6-10;/h2-6,11-16,19H,7-9H2,1H3;1H/t11-,12-,13-,14+,15+,16+;/m1./s1. The summed E-state index contributed by atoms with van der Waals surface area (Å²) in [6, 6.07) is 10.1. The minimum Gasteiger partial charge on any atom is -0.462 e. The molecular formula is C17H22BrNO4. The molecule has 0 spiro atoms. The monoisotopic (exact) mass is 383 g/mol. The van der Waals surface area contributed by atoms with Crippen LogP contribution in [0.3, 0.4) is 0 Å². The lowest BCUT2D eigenvalue weighted by atomic mass is 9.97. The van der Waals surface area contributed by atoms with Gasteiger partial charge in [-0.3, -0.25) is 9.69 Å². The van der Waals surface area contributed by atoms with E-state index in [1.54, 1.807) is 0 Å². The van der Waals surface area contributed by atoms with Gasteiger partial charge in [0.2, 0.25) is 0 Å². The van der Waals surface area contributed by atoms with Crippen LogP contribution < -0.4 is 0 Å². The predicted molar refractivity (Wildman–Crippen MR) is 89.7 cm³/mol. The van der Waals surface area contributed by atoms with Crippen LogP contribution in [-0.2, 0) is 14.3 Å². The zero-order chi connectivity index (χ0) is 15.3. The van der Waals surface area contributed by atoms with Gasteiger partial charge in [-0.2, -0.15) is 0 Å². The van der Waals surface area contributed by atoms with Crippen molar-refractivity contribution < 1.29 is 19.4 Å². The molecule has 1 N–H and O–H groups in total. The Bertz CT molecular complexity index is 551. The number of epoxide rings is 1. The fraction of sp³-hybridized carbons (Fsp3) is 0.588. The van der Waals surface area contributed by atoms with E-state index < -0.39 is 5.92 Å². The molecule has 5 nitrogen and oxygen atoms in total. The van der Waals surface area contributed by atoms with Crippen molar-refractivity contribution >= 4 is 23.0 Å². The summed E-state index contributed by atoms with van der Waals surface area (Å²) in [4.78, 5) is 14.8. The molecule has 3 fully saturated rings. The molecule has 3 aliphatic rings. The van der Waals surface area contributed by atoms with Crippen LogP contribution in [0.4, 0.5) is 0 Å². The van der Waals surface area contributed by atoms with Crippen molar-refractivity contribution in [2.24, 2.45) is 0 Å². The first-order valence-corrected chi connectivity index (χ1v) is 7.92. The summed E-state index contributed by atoms with van der Waals surface area (Å²) in [6.07, 6.45) is 2.26. The van der Waals surface area contributed by atoms with Gasteiger partial charge in [0.05, 0.1) is 6.61 Å². The van der Waals surface area contributed by atoms with E-state index in [-0.39, 0.29) is 35.7 Å². The second kappa shape index (κ2) is 6.51. The molecule has 0 saturated carbocycles. The molecule has 3 saturated heterocycles. The summed E-state index contributed by atoms with van der Waals surface area (Å²) in [5.74, 6) is -0.915. The van der Waals surface area contributed by atoms with E-state index in [0.29, 0.717) is 24.3 Å². The molecule has 3 heterocycles. The smallest absolute Gasteiger partial charge is 0.316 e. The molecule has 0 aromatic heterocycles. The number of benzene rings is 1. The minimum absolute atomic E-state index is 0. The zero-order valence-electron chi connectivity index (χ0n) is 13.0. The van der Waals surface area contributed by atoms with Crippen LogP contribution in [0.2, 0.25) is 0 Å². The van der Waals surface area contributed by atoms with Crippen molar-refractivity contribution in [3.63, 3.8) is 0 Å². The summed E-state index contributed by atoms with van der Waals surface area (Å²) in [7, 11) is 2.13. The third-order valence-electron chi connectivity index (χ3n) is 5.33. The van der Waals surface area contributed by atoms with Crippen LogP contribution in [0.25, 0.3) is 0 Å². The molecule has 2 bridgehead atoms. The number of esters is 1. The van der Waals surface area contributed by atoms with Crippen molar-refractivity contribution in [1.29, 1.82) is 0 Å². The number of fused-ring (bicyclic) bond motifs is 5. The van der Waals surface area contributed by atoms with Crippen LogP contribution in [0.15, 0.2) is 30.3 Å². The molecule has 0 radical (unpaired) electrons. The predicted octanol–water partition coefficient (Wildman–Crippen LogP) is 1.50. The molecule has 23 heavy (non-hydrogen) atoms. The number of aliphatic hydroxyl groups excluding tert-OH is 1. The maximum atomic E-state index is 12.4. The number of halogens is 1. The van der Waals surface area contributed by atoms with Gasteiger partial charge < -0.3 is 14.6 Å². The Kier molecular flexibility index (Phi) is 4.78. The Morgan fingerprint density at radius 1 is 1.30 bits per heavy atom. The van der Waals surface area contributed by atoms with Gasteiger partial charge in [-0.15, -0.1) is 17.0 Å². The highest BCUT2D eigenvalue weighted by Gasteiger charge is 2.62. The van der Waals surface area contributed by atoms with E-state index in [4.69, 9.17) is 9.47 Å². The van der Waals surface area contributed by atoms with Crippen molar-refractivity contribution in [1.82, 2.24) is 4.90 Å². The maximum absolute atomic E-state index is 12.4. The van der Waals surface area contributed by atoms with E-state index in [1.807, 2.05) is 30.3 Å². The number of piperidine rings is 1. The number of likely N-dealkylation sites (N-methyl/N-ethyl adjacent to an activating group) is 1. The lowest BCUT2D eigenvalue weighted by molar-refractivity contribution is -0.156. The zero-order valence-corrected chi connectivity index (χ0v) is 14.7. The number of rotatable bonds is 4. The van der Waals surface area contributed by atoms with Gasteiger partial charge in [0.15, 0.2) is 0 Å². The molecule has 1 aromatic rings. The molecule has 6 heteroatoms. The van der Waals surface area contributed by atoms with Gasteiger partial charge in [-0.1, -0.05) is 30.3 Å². The first kappa shape index (κ1) is 16.9. The average molecular weight is 384 g/mol. The Hall–Kier alpha value is -0.950. The first-order chi connectivity index (χ1) is 10.7. The normalized spacial score (nSPS) is 35.8. The number of aliphatic hydroxyl groups is 1. The fourth-order valence-electron chi connectivity index (χ4n) is 4.04. The molecule has 6 atom stereocenters. The molecule has 0 aliphatic carbocycles. The number of carbonyl (C=O) groups excluding carboxylic acids is 1. The van der Waals surface area contributed by atoms with E-state index in [9.17, 15) is 9.90 Å². The van der Waals surface area contributed by atoms with E-state index in [2.05, 4.69) is 11.9 Å². The quantitative estimate of drug-likeness (QED) is 0.630. The Labute approximate surface area is 146 Å². The number of ether oxygens (including phenoxy) is 2. The molecule has 4 rings (SSSR count). The van der Waals surface area contributed by atoms with Crippen LogP contribution in [0.5, 0.6) is 0 Å². The Morgan fingerprint density at radius 3 is 2.48 bits per heavy atom. The van der Waals surface area contributed by atoms with E-state index in [1.165, 1.54) is 0 Å². The first-order valence-electron chi connectivity index (χ1n) is 7.92. The second-order valence-electron chi connectivity index (χ2n) is 6.54. The lowest BCUT2D eigenvalue weighted by Crippen LogP contribution is -2.48. The highest BCUT2D eigenvalue weighted by atomic mass is 79.9. The molecule has 1 aromatic carbocycles. The SMILES string of the molecule is Br.CN1[C@@H]2C[C@@H](OC(=O)[C@H](CO)c3ccccc3)C[C@H]1[C@@H]1O[C@H]12. The van der Waals surface area contributed by atoms with Gasteiger partial charge in [0, 0.05) is 24.9 Å². The average Bonchev–Trinajstić information content (AvgIpc) is 3.27.